The van der Waals surface area contributed by atoms with Crippen LogP contribution in [0.5, 0.6) is 0 Å². The molecule has 0 aliphatic carbocycles. The van der Waals surface area contributed by atoms with E-state index in [9.17, 15) is 9.59 Å². The SMILES string of the molecule is CC(C)C[C@@H](NC(=O)CN(C)C(C)C)C(=O)O. The summed E-state index contributed by atoms with van der Waals surface area (Å²) >= 11 is 0. The molecule has 0 spiro atoms. The van der Waals surface area contributed by atoms with E-state index in [4.69, 9.17) is 5.11 Å². The van der Waals surface area contributed by atoms with E-state index in [1.54, 1.807) is 0 Å². The number of nitrogens with one attached hydrogen (secondary N) is 1. The Bertz CT molecular complexity index is 264. The summed E-state index contributed by atoms with van der Waals surface area (Å²) in [6, 6.07) is -0.530. The summed E-state index contributed by atoms with van der Waals surface area (Å²) in [4.78, 5) is 24.5. The van der Waals surface area contributed by atoms with Crippen molar-refractivity contribution in [1.82, 2.24) is 10.2 Å². The van der Waals surface area contributed by atoms with Crippen molar-refractivity contribution in [3.63, 3.8) is 0 Å². The second kappa shape index (κ2) is 7.27. The smallest absolute Gasteiger partial charge is 0.326 e. The molecule has 0 radical (unpaired) electrons. The van der Waals surface area contributed by atoms with Gasteiger partial charge in [-0.25, -0.2) is 4.79 Å². The largest absolute Gasteiger partial charge is 0.480 e. The Labute approximate surface area is 103 Å². The number of nitrogens with zero attached hydrogens (tertiary/aromatic N) is 1. The van der Waals surface area contributed by atoms with Gasteiger partial charge in [-0.15, -0.1) is 0 Å². The van der Waals surface area contributed by atoms with Crippen LogP contribution in [-0.2, 0) is 9.59 Å². The van der Waals surface area contributed by atoms with Gasteiger partial charge in [0.2, 0.25) is 5.91 Å². The van der Waals surface area contributed by atoms with Gasteiger partial charge in [0, 0.05) is 6.04 Å². The van der Waals surface area contributed by atoms with Gasteiger partial charge in [-0.2, -0.15) is 0 Å². The molecule has 0 aromatic rings. The van der Waals surface area contributed by atoms with Crippen LogP contribution < -0.4 is 5.32 Å². The number of carbonyl (C=O) groups excluding carboxylic acids is 1. The van der Waals surface area contributed by atoms with Gasteiger partial charge in [-0.05, 0) is 33.2 Å². The maximum atomic E-state index is 11.6. The molecule has 0 heterocycles. The molecule has 0 saturated heterocycles. The Morgan fingerprint density at radius 3 is 2.12 bits per heavy atom. The molecule has 17 heavy (non-hydrogen) atoms. The Morgan fingerprint density at radius 1 is 1.24 bits per heavy atom. The first-order valence-corrected chi connectivity index (χ1v) is 5.96. The van der Waals surface area contributed by atoms with E-state index in [-0.39, 0.29) is 24.4 Å². The molecule has 5 heteroatoms. The van der Waals surface area contributed by atoms with Crippen LogP contribution in [0.4, 0.5) is 0 Å². The fraction of sp³-hybridized carbons (Fsp3) is 0.833. The van der Waals surface area contributed by atoms with Gasteiger partial charge in [0.1, 0.15) is 6.04 Å². The molecule has 0 saturated carbocycles. The number of rotatable bonds is 7. The van der Waals surface area contributed by atoms with Gasteiger partial charge in [0.05, 0.1) is 6.54 Å². The van der Waals surface area contributed by atoms with E-state index in [2.05, 4.69) is 5.32 Å². The molecule has 0 unspecified atom stereocenters. The fourth-order valence-electron chi connectivity index (χ4n) is 1.34. The normalized spacial score (nSPS) is 13.2. The first kappa shape index (κ1) is 15.9. The molecule has 100 valence electrons. The van der Waals surface area contributed by atoms with Crippen LogP contribution in [0.15, 0.2) is 0 Å². The third-order valence-corrected chi connectivity index (χ3v) is 2.61. The maximum absolute atomic E-state index is 11.6. The van der Waals surface area contributed by atoms with Crippen molar-refractivity contribution in [3.8, 4) is 0 Å². The molecule has 0 aliphatic rings. The van der Waals surface area contributed by atoms with Crippen LogP contribution in [-0.4, -0.2) is 47.6 Å². The lowest BCUT2D eigenvalue weighted by Gasteiger charge is -2.22. The molecule has 0 aromatic carbocycles. The third-order valence-electron chi connectivity index (χ3n) is 2.61. The molecular weight excluding hydrogens is 220 g/mol. The molecule has 0 aliphatic heterocycles. The number of likely N-dealkylation sites (N-methyl/N-ethyl adjacent to an activating group) is 1. The molecule has 5 nitrogen and oxygen atoms in total. The average Bonchev–Trinajstić information content (AvgIpc) is 2.15. The van der Waals surface area contributed by atoms with Gasteiger partial charge in [-0.3, -0.25) is 9.69 Å². The topological polar surface area (TPSA) is 69.6 Å². The molecular formula is C12H24N2O3. The van der Waals surface area contributed by atoms with Crippen molar-refractivity contribution in [2.75, 3.05) is 13.6 Å². The Balaban J connectivity index is 4.26. The third kappa shape index (κ3) is 6.94. The zero-order chi connectivity index (χ0) is 13.6. The minimum absolute atomic E-state index is 0.222. The number of carboxylic acid groups (broad SMARTS) is 1. The molecule has 1 atom stereocenters. The second-order valence-electron chi connectivity index (χ2n) is 5.10. The summed E-state index contributed by atoms with van der Waals surface area (Å²) in [5, 5.41) is 11.5. The lowest BCUT2D eigenvalue weighted by molar-refractivity contribution is -0.142. The van der Waals surface area contributed by atoms with E-state index in [1.807, 2.05) is 39.6 Å². The quantitative estimate of drug-likeness (QED) is 0.699. The number of carbonyl (C=O) groups is 2. The predicted molar refractivity (Wildman–Crippen MR) is 66.8 cm³/mol. The zero-order valence-corrected chi connectivity index (χ0v) is 11.4. The van der Waals surface area contributed by atoms with E-state index >= 15 is 0 Å². The van der Waals surface area contributed by atoms with E-state index in [0.29, 0.717) is 6.42 Å². The molecule has 1 amide bonds. The Kier molecular flexibility index (Phi) is 6.80. The summed E-state index contributed by atoms with van der Waals surface area (Å²) in [5.41, 5.74) is 0. The summed E-state index contributed by atoms with van der Waals surface area (Å²) in [7, 11) is 1.84. The molecule has 0 fully saturated rings. The minimum atomic E-state index is -0.973. The van der Waals surface area contributed by atoms with Crippen molar-refractivity contribution in [1.29, 1.82) is 0 Å². The highest BCUT2D eigenvalue weighted by molar-refractivity contribution is 5.84. The van der Waals surface area contributed by atoms with Crippen LogP contribution in [0.2, 0.25) is 0 Å². The van der Waals surface area contributed by atoms with Crippen LogP contribution in [0, 0.1) is 5.92 Å². The van der Waals surface area contributed by atoms with Crippen LogP contribution in [0.25, 0.3) is 0 Å². The number of carboxylic acids is 1. The highest BCUT2D eigenvalue weighted by Gasteiger charge is 2.21. The van der Waals surface area contributed by atoms with Crippen molar-refractivity contribution in [2.24, 2.45) is 5.92 Å². The second-order valence-corrected chi connectivity index (χ2v) is 5.10. The van der Waals surface area contributed by atoms with Gasteiger partial charge >= 0.3 is 5.97 Å². The average molecular weight is 244 g/mol. The summed E-state index contributed by atoms with van der Waals surface area (Å²) in [6.45, 7) is 8.05. The standard InChI is InChI=1S/C12H24N2O3/c1-8(2)6-10(12(16)17)13-11(15)7-14(5)9(3)4/h8-10H,6-7H2,1-5H3,(H,13,15)(H,16,17)/t10-/m1/s1. The minimum Gasteiger partial charge on any atom is -0.480 e. The van der Waals surface area contributed by atoms with Gasteiger partial charge in [0.15, 0.2) is 0 Å². The number of hydrogen-bond donors (Lipinski definition) is 2. The zero-order valence-electron chi connectivity index (χ0n) is 11.4. The lowest BCUT2D eigenvalue weighted by atomic mass is 10.0. The predicted octanol–water partition coefficient (Wildman–Crippen LogP) is 0.942. The molecule has 2 N–H and O–H groups in total. The van der Waals surface area contributed by atoms with Gasteiger partial charge in [-0.1, -0.05) is 13.8 Å². The number of hydrogen-bond acceptors (Lipinski definition) is 3. The van der Waals surface area contributed by atoms with E-state index in [1.165, 1.54) is 0 Å². The summed E-state index contributed by atoms with van der Waals surface area (Å²) in [6.07, 6.45) is 0.451. The molecule has 0 rings (SSSR count). The van der Waals surface area contributed by atoms with Crippen molar-refractivity contribution in [3.05, 3.63) is 0 Å². The molecule has 0 aromatic heterocycles. The van der Waals surface area contributed by atoms with Crippen LogP contribution in [0.3, 0.4) is 0 Å². The fourth-order valence-corrected chi connectivity index (χ4v) is 1.34. The number of amides is 1. The van der Waals surface area contributed by atoms with E-state index < -0.39 is 12.0 Å². The first-order chi connectivity index (χ1) is 7.73. The van der Waals surface area contributed by atoms with Gasteiger partial charge < -0.3 is 10.4 Å². The Hall–Kier alpha value is -1.10. The number of aliphatic carboxylic acids is 1. The first-order valence-electron chi connectivity index (χ1n) is 5.96. The Morgan fingerprint density at radius 2 is 1.76 bits per heavy atom. The van der Waals surface area contributed by atoms with Crippen molar-refractivity contribution in [2.45, 2.75) is 46.2 Å². The van der Waals surface area contributed by atoms with E-state index in [0.717, 1.165) is 0 Å². The lowest BCUT2D eigenvalue weighted by Crippen LogP contribution is -2.46. The monoisotopic (exact) mass is 244 g/mol. The highest BCUT2D eigenvalue weighted by Crippen LogP contribution is 2.05. The highest BCUT2D eigenvalue weighted by atomic mass is 16.4. The van der Waals surface area contributed by atoms with Crippen molar-refractivity contribution >= 4 is 11.9 Å². The van der Waals surface area contributed by atoms with Crippen molar-refractivity contribution < 1.29 is 14.7 Å². The van der Waals surface area contributed by atoms with Crippen LogP contribution in [0.1, 0.15) is 34.1 Å². The summed E-state index contributed by atoms with van der Waals surface area (Å²) < 4.78 is 0. The molecule has 0 bridgehead atoms. The van der Waals surface area contributed by atoms with Gasteiger partial charge in [0.25, 0.3) is 0 Å². The van der Waals surface area contributed by atoms with Crippen LogP contribution >= 0.6 is 0 Å². The summed E-state index contributed by atoms with van der Waals surface area (Å²) in [5.74, 6) is -0.979. The maximum Gasteiger partial charge on any atom is 0.326 e.